The van der Waals surface area contributed by atoms with Gasteiger partial charge in [-0.15, -0.1) is 0 Å². The molecule has 5 nitrogen and oxygen atoms in total. The van der Waals surface area contributed by atoms with Gasteiger partial charge in [0, 0.05) is 39.8 Å². The summed E-state index contributed by atoms with van der Waals surface area (Å²) in [5, 5.41) is 0. The predicted octanol–water partition coefficient (Wildman–Crippen LogP) is 1.81. The maximum Gasteiger partial charge on any atom is 0.134 e. The molecule has 0 atom stereocenters. The second kappa shape index (κ2) is 7.94. The van der Waals surface area contributed by atoms with E-state index in [-0.39, 0.29) is 0 Å². The smallest absolute Gasteiger partial charge is 0.134 e. The maximum atomic E-state index is 5.59. The fraction of sp³-hybridized carbons (Fsp3) is 0.714. The second-order valence-electron chi connectivity index (χ2n) is 4.97. The summed E-state index contributed by atoms with van der Waals surface area (Å²) in [6, 6.07) is 2.04. The van der Waals surface area contributed by atoms with Crippen molar-refractivity contribution in [3.63, 3.8) is 0 Å². The van der Waals surface area contributed by atoms with Crippen molar-refractivity contribution >= 4 is 11.6 Å². The van der Waals surface area contributed by atoms with E-state index in [9.17, 15) is 0 Å². The van der Waals surface area contributed by atoms with E-state index in [0.29, 0.717) is 6.54 Å². The molecule has 2 N–H and O–H groups in total. The third-order valence-corrected chi connectivity index (χ3v) is 3.15. The lowest BCUT2D eigenvalue weighted by Gasteiger charge is -2.22. The van der Waals surface area contributed by atoms with E-state index >= 15 is 0 Å². The van der Waals surface area contributed by atoms with Crippen LogP contribution in [0.5, 0.6) is 0 Å². The van der Waals surface area contributed by atoms with Gasteiger partial charge >= 0.3 is 0 Å². The number of rotatable bonds is 8. The minimum absolute atomic E-state index is 0.626. The number of likely N-dealkylation sites (N-methyl/N-ethyl adjacent to an activating group) is 1. The van der Waals surface area contributed by atoms with Gasteiger partial charge in [-0.3, -0.25) is 0 Å². The van der Waals surface area contributed by atoms with Crippen molar-refractivity contribution < 1.29 is 0 Å². The zero-order valence-corrected chi connectivity index (χ0v) is 12.7. The molecule has 1 rings (SSSR count). The second-order valence-corrected chi connectivity index (χ2v) is 4.97. The van der Waals surface area contributed by atoms with Crippen molar-refractivity contribution in [1.82, 2.24) is 9.97 Å². The average Bonchev–Trinajstić information content (AvgIpc) is 2.38. The molecule has 0 fully saturated rings. The van der Waals surface area contributed by atoms with Gasteiger partial charge in [-0.1, -0.05) is 19.8 Å². The quantitative estimate of drug-likeness (QED) is 0.726. The molecule has 0 saturated heterocycles. The van der Waals surface area contributed by atoms with E-state index in [2.05, 4.69) is 33.7 Å². The number of unbranched alkanes of at least 4 members (excludes halogenated alkanes) is 2. The van der Waals surface area contributed by atoms with Crippen LogP contribution in [0.1, 0.15) is 32.0 Å². The number of aromatic nitrogens is 2. The molecule has 0 aliphatic rings. The van der Waals surface area contributed by atoms with Crippen LogP contribution in [-0.4, -0.2) is 43.7 Å². The van der Waals surface area contributed by atoms with Gasteiger partial charge in [-0.05, 0) is 13.3 Å². The molecule has 0 spiro atoms. The highest BCUT2D eigenvalue weighted by Crippen LogP contribution is 2.17. The van der Waals surface area contributed by atoms with Gasteiger partial charge in [0.05, 0.1) is 0 Å². The van der Waals surface area contributed by atoms with E-state index in [1.807, 2.05) is 20.0 Å². The summed E-state index contributed by atoms with van der Waals surface area (Å²) >= 11 is 0. The molecule has 0 saturated carbocycles. The molecule has 0 aliphatic carbocycles. The number of anilines is 2. The Labute approximate surface area is 116 Å². The van der Waals surface area contributed by atoms with Crippen LogP contribution in [0, 0.1) is 6.92 Å². The fourth-order valence-electron chi connectivity index (χ4n) is 1.95. The van der Waals surface area contributed by atoms with Crippen molar-refractivity contribution in [2.24, 2.45) is 5.73 Å². The van der Waals surface area contributed by atoms with Gasteiger partial charge < -0.3 is 15.5 Å². The Bertz CT molecular complexity index is 380. The number of hydrogen-bond donors (Lipinski definition) is 1. The number of nitrogens with zero attached hydrogens (tertiary/aromatic N) is 4. The monoisotopic (exact) mass is 265 g/mol. The molecule has 0 amide bonds. The standard InChI is InChI=1S/C14H27N5/c1-5-6-7-9-18(3)13-11-14(17-12(2)16-13)19(4)10-8-15/h11H,5-10,15H2,1-4H3. The van der Waals surface area contributed by atoms with Gasteiger partial charge in [0.25, 0.3) is 0 Å². The Kier molecular flexibility index (Phi) is 6.56. The van der Waals surface area contributed by atoms with Crippen molar-refractivity contribution in [2.45, 2.75) is 33.1 Å². The molecular weight excluding hydrogens is 238 g/mol. The molecule has 0 radical (unpaired) electrons. The van der Waals surface area contributed by atoms with Crippen LogP contribution in [0.25, 0.3) is 0 Å². The highest BCUT2D eigenvalue weighted by Gasteiger charge is 2.09. The van der Waals surface area contributed by atoms with Gasteiger partial charge in [-0.25, -0.2) is 9.97 Å². The molecular formula is C14H27N5. The van der Waals surface area contributed by atoms with Crippen LogP contribution in [-0.2, 0) is 0 Å². The molecule has 1 heterocycles. The molecule has 108 valence electrons. The topological polar surface area (TPSA) is 58.3 Å². The van der Waals surface area contributed by atoms with Crippen LogP contribution in [0.2, 0.25) is 0 Å². The first kappa shape index (κ1) is 15.7. The SMILES string of the molecule is CCCCCN(C)c1cc(N(C)CCN)nc(C)n1. The van der Waals surface area contributed by atoms with E-state index in [1.165, 1.54) is 19.3 Å². The lowest BCUT2D eigenvalue weighted by Crippen LogP contribution is -2.27. The summed E-state index contributed by atoms with van der Waals surface area (Å²) in [5.41, 5.74) is 5.59. The molecule has 1 aromatic heterocycles. The lowest BCUT2D eigenvalue weighted by molar-refractivity contribution is 0.699. The molecule has 0 aliphatic heterocycles. The fourth-order valence-corrected chi connectivity index (χ4v) is 1.95. The summed E-state index contributed by atoms with van der Waals surface area (Å²) in [4.78, 5) is 13.2. The number of nitrogens with two attached hydrogens (primary N) is 1. The third-order valence-electron chi connectivity index (χ3n) is 3.15. The molecule has 0 aromatic carbocycles. The van der Waals surface area contributed by atoms with Crippen LogP contribution >= 0.6 is 0 Å². The summed E-state index contributed by atoms with van der Waals surface area (Å²) < 4.78 is 0. The minimum atomic E-state index is 0.626. The normalized spacial score (nSPS) is 10.6. The molecule has 0 unspecified atom stereocenters. The van der Waals surface area contributed by atoms with Gasteiger partial charge in [0.1, 0.15) is 17.5 Å². The highest BCUT2D eigenvalue weighted by atomic mass is 15.2. The number of hydrogen-bond acceptors (Lipinski definition) is 5. The van der Waals surface area contributed by atoms with Gasteiger partial charge in [-0.2, -0.15) is 0 Å². The third kappa shape index (κ3) is 5.03. The first-order valence-corrected chi connectivity index (χ1v) is 7.06. The van der Waals surface area contributed by atoms with E-state index in [1.54, 1.807) is 0 Å². The van der Waals surface area contributed by atoms with E-state index < -0.39 is 0 Å². The summed E-state index contributed by atoms with van der Waals surface area (Å²) in [6.45, 7) is 6.61. The number of aryl methyl sites for hydroxylation is 1. The van der Waals surface area contributed by atoms with Crippen LogP contribution in [0.3, 0.4) is 0 Å². The summed E-state index contributed by atoms with van der Waals surface area (Å²) in [6.07, 6.45) is 3.69. The Balaban J connectivity index is 2.77. The van der Waals surface area contributed by atoms with Crippen molar-refractivity contribution in [1.29, 1.82) is 0 Å². The maximum absolute atomic E-state index is 5.59. The minimum Gasteiger partial charge on any atom is -0.360 e. The van der Waals surface area contributed by atoms with E-state index in [4.69, 9.17) is 5.73 Å². The van der Waals surface area contributed by atoms with Crippen molar-refractivity contribution in [3.05, 3.63) is 11.9 Å². The summed E-state index contributed by atoms with van der Waals surface area (Å²) in [5.74, 6) is 2.73. The first-order chi connectivity index (χ1) is 9.08. The summed E-state index contributed by atoms with van der Waals surface area (Å²) in [7, 11) is 4.10. The average molecular weight is 265 g/mol. The van der Waals surface area contributed by atoms with Gasteiger partial charge in [0.15, 0.2) is 0 Å². The van der Waals surface area contributed by atoms with Crippen LogP contribution < -0.4 is 15.5 Å². The molecule has 1 aromatic rings. The molecule has 19 heavy (non-hydrogen) atoms. The Morgan fingerprint density at radius 1 is 1.05 bits per heavy atom. The van der Waals surface area contributed by atoms with E-state index in [0.717, 1.165) is 30.5 Å². The van der Waals surface area contributed by atoms with Crippen molar-refractivity contribution in [2.75, 3.05) is 43.5 Å². The Morgan fingerprint density at radius 2 is 1.63 bits per heavy atom. The largest absolute Gasteiger partial charge is 0.360 e. The Hall–Kier alpha value is -1.36. The zero-order valence-electron chi connectivity index (χ0n) is 12.7. The first-order valence-electron chi connectivity index (χ1n) is 7.06. The van der Waals surface area contributed by atoms with Crippen LogP contribution in [0.4, 0.5) is 11.6 Å². The van der Waals surface area contributed by atoms with Crippen molar-refractivity contribution in [3.8, 4) is 0 Å². The predicted molar refractivity (Wildman–Crippen MR) is 81.9 cm³/mol. The Morgan fingerprint density at radius 3 is 2.16 bits per heavy atom. The molecule has 5 heteroatoms. The zero-order chi connectivity index (χ0) is 14.3. The lowest BCUT2D eigenvalue weighted by atomic mass is 10.2. The van der Waals surface area contributed by atoms with Crippen LogP contribution in [0.15, 0.2) is 6.07 Å². The highest BCUT2D eigenvalue weighted by molar-refractivity contribution is 5.50. The van der Waals surface area contributed by atoms with Gasteiger partial charge in [0.2, 0.25) is 0 Å². The molecule has 0 bridgehead atoms.